The number of hydrogen-bond acceptors (Lipinski definition) is 2. The second kappa shape index (κ2) is 3.93. The van der Waals surface area contributed by atoms with Crippen LogP contribution in [0, 0.1) is 20.8 Å². The van der Waals surface area contributed by atoms with E-state index in [0.717, 1.165) is 16.9 Å². The van der Waals surface area contributed by atoms with Crippen LogP contribution in [-0.2, 0) is 0 Å². The van der Waals surface area contributed by atoms with Gasteiger partial charge in [0.25, 0.3) is 0 Å². The molecule has 82 valence electrons. The molecule has 2 aromatic rings. The predicted octanol–water partition coefficient (Wildman–Crippen LogP) is 2.16. The van der Waals surface area contributed by atoms with E-state index in [-0.39, 0.29) is 5.43 Å². The first-order valence-corrected chi connectivity index (χ1v) is 5.22. The number of benzene rings is 1. The number of hydrogen-bond donors (Lipinski definition) is 0. The normalized spacial score (nSPS) is 10.4. The van der Waals surface area contributed by atoms with Crippen molar-refractivity contribution in [1.29, 1.82) is 0 Å². The SMILES string of the molecule is Cc1cccc(-n2ncc(=O)c(C)c2C)c1. The lowest BCUT2D eigenvalue weighted by Gasteiger charge is -2.11. The Morgan fingerprint density at radius 3 is 2.62 bits per heavy atom. The third kappa shape index (κ3) is 1.76. The second-order valence-corrected chi connectivity index (χ2v) is 3.97. The first-order valence-electron chi connectivity index (χ1n) is 5.22. The first kappa shape index (κ1) is 10.6. The van der Waals surface area contributed by atoms with Crippen LogP contribution in [0.1, 0.15) is 16.8 Å². The fraction of sp³-hybridized carbons (Fsp3) is 0.231. The summed E-state index contributed by atoms with van der Waals surface area (Å²) >= 11 is 0. The molecule has 3 nitrogen and oxygen atoms in total. The first-order chi connectivity index (χ1) is 7.59. The fourth-order valence-electron chi connectivity index (χ4n) is 1.65. The fourth-order valence-corrected chi connectivity index (χ4v) is 1.65. The van der Waals surface area contributed by atoms with Gasteiger partial charge in [-0.15, -0.1) is 0 Å². The van der Waals surface area contributed by atoms with E-state index in [1.165, 1.54) is 11.8 Å². The van der Waals surface area contributed by atoms with Crippen molar-refractivity contribution in [3.05, 3.63) is 57.5 Å². The number of aryl methyl sites for hydroxylation is 1. The van der Waals surface area contributed by atoms with E-state index in [0.29, 0.717) is 0 Å². The van der Waals surface area contributed by atoms with Crippen LogP contribution in [0.5, 0.6) is 0 Å². The van der Waals surface area contributed by atoms with Gasteiger partial charge in [-0.05, 0) is 38.5 Å². The van der Waals surface area contributed by atoms with Crippen molar-refractivity contribution in [1.82, 2.24) is 9.78 Å². The Morgan fingerprint density at radius 2 is 1.94 bits per heavy atom. The van der Waals surface area contributed by atoms with E-state index in [1.807, 2.05) is 45.0 Å². The van der Waals surface area contributed by atoms with Crippen molar-refractivity contribution in [2.45, 2.75) is 20.8 Å². The third-order valence-corrected chi connectivity index (χ3v) is 2.77. The standard InChI is InChI=1S/C13H14N2O/c1-9-5-4-6-12(7-9)15-11(3)10(2)13(16)8-14-15/h4-8H,1-3H3. The van der Waals surface area contributed by atoms with Gasteiger partial charge in [0.1, 0.15) is 0 Å². The van der Waals surface area contributed by atoms with Crippen molar-refractivity contribution in [2.24, 2.45) is 0 Å². The Morgan fingerprint density at radius 1 is 1.19 bits per heavy atom. The van der Waals surface area contributed by atoms with Crippen molar-refractivity contribution >= 4 is 0 Å². The predicted molar refractivity (Wildman–Crippen MR) is 64.0 cm³/mol. The molecule has 0 saturated heterocycles. The van der Waals surface area contributed by atoms with Crippen molar-refractivity contribution < 1.29 is 0 Å². The molecular formula is C13H14N2O. The van der Waals surface area contributed by atoms with Crippen LogP contribution in [0.15, 0.2) is 35.3 Å². The highest BCUT2D eigenvalue weighted by Crippen LogP contribution is 2.11. The molecular weight excluding hydrogens is 200 g/mol. The van der Waals surface area contributed by atoms with E-state index in [9.17, 15) is 4.79 Å². The van der Waals surface area contributed by atoms with Gasteiger partial charge in [-0.3, -0.25) is 4.79 Å². The highest BCUT2D eigenvalue weighted by Gasteiger charge is 2.05. The summed E-state index contributed by atoms with van der Waals surface area (Å²) in [5.41, 5.74) is 3.78. The average molecular weight is 214 g/mol. The van der Waals surface area contributed by atoms with Gasteiger partial charge < -0.3 is 0 Å². The van der Waals surface area contributed by atoms with Gasteiger partial charge >= 0.3 is 0 Å². The van der Waals surface area contributed by atoms with Crippen LogP contribution in [0.25, 0.3) is 5.69 Å². The highest BCUT2D eigenvalue weighted by molar-refractivity contribution is 5.36. The molecule has 0 amide bonds. The van der Waals surface area contributed by atoms with Gasteiger partial charge in [-0.2, -0.15) is 5.10 Å². The molecule has 1 heterocycles. The topological polar surface area (TPSA) is 34.9 Å². The molecule has 0 fully saturated rings. The van der Waals surface area contributed by atoms with Crippen LogP contribution < -0.4 is 5.43 Å². The van der Waals surface area contributed by atoms with Gasteiger partial charge in [0.2, 0.25) is 5.43 Å². The summed E-state index contributed by atoms with van der Waals surface area (Å²) in [4.78, 5) is 11.4. The maximum absolute atomic E-state index is 11.4. The van der Waals surface area contributed by atoms with E-state index in [4.69, 9.17) is 0 Å². The zero-order valence-electron chi connectivity index (χ0n) is 9.69. The summed E-state index contributed by atoms with van der Waals surface area (Å²) in [5, 5.41) is 4.15. The van der Waals surface area contributed by atoms with Gasteiger partial charge in [0.05, 0.1) is 11.9 Å². The number of aromatic nitrogens is 2. The van der Waals surface area contributed by atoms with Crippen LogP contribution in [-0.4, -0.2) is 9.78 Å². The lowest BCUT2D eigenvalue weighted by Crippen LogP contribution is -2.16. The molecule has 0 N–H and O–H groups in total. The van der Waals surface area contributed by atoms with E-state index in [2.05, 4.69) is 5.10 Å². The smallest absolute Gasteiger partial charge is 0.203 e. The van der Waals surface area contributed by atoms with Crippen molar-refractivity contribution in [3.63, 3.8) is 0 Å². The summed E-state index contributed by atoms with van der Waals surface area (Å²) in [6.07, 6.45) is 1.37. The lowest BCUT2D eigenvalue weighted by molar-refractivity contribution is 0.787. The maximum atomic E-state index is 11.4. The van der Waals surface area contributed by atoms with Gasteiger partial charge in [-0.1, -0.05) is 12.1 Å². The van der Waals surface area contributed by atoms with Crippen molar-refractivity contribution in [3.8, 4) is 5.69 Å². The largest absolute Gasteiger partial charge is 0.288 e. The van der Waals surface area contributed by atoms with E-state index < -0.39 is 0 Å². The molecule has 0 aliphatic rings. The minimum absolute atomic E-state index is 0.0126. The number of rotatable bonds is 1. The molecule has 0 spiro atoms. The molecule has 3 heteroatoms. The second-order valence-electron chi connectivity index (χ2n) is 3.97. The minimum atomic E-state index is -0.0126. The molecule has 0 saturated carbocycles. The maximum Gasteiger partial charge on any atom is 0.203 e. The molecule has 0 aliphatic heterocycles. The molecule has 2 rings (SSSR count). The van der Waals surface area contributed by atoms with Gasteiger partial charge in [0, 0.05) is 11.3 Å². The van der Waals surface area contributed by atoms with Crippen LogP contribution >= 0.6 is 0 Å². The van der Waals surface area contributed by atoms with E-state index in [1.54, 1.807) is 4.68 Å². The number of nitrogens with zero attached hydrogens (tertiary/aromatic N) is 2. The van der Waals surface area contributed by atoms with Crippen LogP contribution in [0.3, 0.4) is 0 Å². The van der Waals surface area contributed by atoms with Crippen LogP contribution in [0.4, 0.5) is 0 Å². The highest BCUT2D eigenvalue weighted by atomic mass is 16.1. The molecule has 1 aromatic carbocycles. The molecule has 0 unspecified atom stereocenters. The summed E-state index contributed by atoms with van der Waals surface area (Å²) in [6, 6.07) is 8.05. The molecule has 0 aliphatic carbocycles. The van der Waals surface area contributed by atoms with Crippen molar-refractivity contribution in [2.75, 3.05) is 0 Å². The van der Waals surface area contributed by atoms with E-state index >= 15 is 0 Å². The monoisotopic (exact) mass is 214 g/mol. The molecule has 0 atom stereocenters. The van der Waals surface area contributed by atoms with Crippen LogP contribution in [0.2, 0.25) is 0 Å². The Bertz CT molecular complexity index is 585. The molecule has 0 radical (unpaired) electrons. The summed E-state index contributed by atoms with van der Waals surface area (Å²) in [6.45, 7) is 5.77. The summed E-state index contributed by atoms with van der Waals surface area (Å²) in [7, 11) is 0. The summed E-state index contributed by atoms with van der Waals surface area (Å²) in [5.74, 6) is 0. The third-order valence-electron chi connectivity index (χ3n) is 2.77. The Kier molecular flexibility index (Phi) is 2.60. The zero-order valence-corrected chi connectivity index (χ0v) is 9.69. The van der Waals surface area contributed by atoms with Gasteiger partial charge in [-0.25, -0.2) is 4.68 Å². The quantitative estimate of drug-likeness (QED) is 0.729. The lowest BCUT2D eigenvalue weighted by atomic mass is 10.2. The minimum Gasteiger partial charge on any atom is -0.288 e. The Balaban J connectivity index is 2.66. The van der Waals surface area contributed by atoms with Gasteiger partial charge in [0.15, 0.2) is 0 Å². The average Bonchev–Trinajstić information content (AvgIpc) is 2.26. The molecule has 1 aromatic heterocycles. The Labute approximate surface area is 94.4 Å². The summed E-state index contributed by atoms with van der Waals surface area (Å²) < 4.78 is 1.80. The molecule has 0 bridgehead atoms. The molecule has 16 heavy (non-hydrogen) atoms. The Hall–Kier alpha value is -1.90. The zero-order chi connectivity index (χ0) is 11.7.